The van der Waals surface area contributed by atoms with Gasteiger partial charge in [-0.05, 0) is 24.7 Å². The molecule has 0 heteroatoms. The first kappa shape index (κ1) is 9.48. The van der Waals surface area contributed by atoms with E-state index in [-0.39, 0.29) is 0 Å². The van der Waals surface area contributed by atoms with E-state index in [9.17, 15) is 0 Å². The van der Waals surface area contributed by atoms with Gasteiger partial charge in [-0.15, -0.1) is 13.2 Å². The molecule has 2 atom stereocenters. The Morgan fingerprint density at radius 2 is 1.90 bits per heavy atom. The quantitative estimate of drug-likeness (QED) is 0.511. The fourth-order valence-corrected chi connectivity index (χ4v) is 1.00. The summed E-state index contributed by atoms with van der Waals surface area (Å²) in [5.74, 6) is 1.30. The van der Waals surface area contributed by atoms with E-state index >= 15 is 0 Å². The Bertz CT molecular complexity index is 103. The highest BCUT2D eigenvalue weighted by Gasteiger charge is 2.03. The van der Waals surface area contributed by atoms with Crippen LogP contribution in [-0.2, 0) is 0 Å². The summed E-state index contributed by atoms with van der Waals surface area (Å²) in [6, 6.07) is 0. The molecule has 10 heavy (non-hydrogen) atoms. The highest BCUT2D eigenvalue weighted by molar-refractivity contribution is 4.84. The summed E-state index contributed by atoms with van der Waals surface area (Å²) >= 11 is 0. The molecule has 0 fully saturated rings. The number of hydrogen-bond acceptors (Lipinski definition) is 0. The molecule has 0 aromatic carbocycles. The van der Waals surface area contributed by atoms with Gasteiger partial charge in [0.25, 0.3) is 0 Å². The van der Waals surface area contributed by atoms with Gasteiger partial charge >= 0.3 is 0 Å². The van der Waals surface area contributed by atoms with Crippen LogP contribution in [0.2, 0.25) is 0 Å². The Kier molecular flexibility index (Phi) is 5.00. The first-order valence-corrected chi connectivity index (χ1v) is 3.99. The molecule has 0 aliphatic rings. The van der Waals surface area contributed by atoms with Gasteiger partial charge in [0, 0.05) is 0 Å². The highest BCUT2D eigenvalue weighted by Crippen LogP contribution is 2.16. The molecule has 0 aromatic rings. The second-order valence-electron chi connectivity index (χ2n) is 2.85. The lowest BCUT2D eigenvalue weighted by Crippen LogP contribution is -1.99. The van der Waals surface area contributed by atoms with Gasteiger partial charge in [0.1, 0.15) is 0 Å². The molecule has 0 nitrogen and oxygen atoms in total. The summed E-state index contributed by atoms with van der Waals surface area (Å²) in [5.41, 5.74) is 0. The lowest BCUT2D eigenvalue weighted by Gasteiger charge is -2.11. The van der Waals surface area contributed by atoms with E-state index in [2.05, 4.69) is 27.0 Å². The van der Waals surface area contributed by atoms with Gasteiger partial charge in [0.2, 0.25) is 0 Å². The third-order valence-electron chi connectivity index (χ3n) is 1.93. The minimum atomic E-state index is 0.628. The second-order valence-corrected chi connectivity index (χ2v) is 2.85. The van der Waals surface area contributed by atoms with Crippen LogP contribution in [0.15, 0.2) is 25.3 Å². The van der Waals surface area contributed by atoms with Crippen molar-refractivity contribution in [2.24, 2.45) is 11.8 Å². The molecule has 58 valence electrons. The van der Waals surface area contributed by atoms with Crippen molar-refractivity contribution in [1.82, 2.24) is 0 Å². The summed E-state index contributed by atoms with van der Waals surface area (Å²) in [4.78, 5) is 0. The van der Waals surface area contributed by atoms with Crippen LogP contribution >= 0.6 is 0 Å². The number of hydrogen-bond donors (Lipinski definition) is 0. The molecule has 0 amide bonds. The van der Waals surface area contributed by atoms with Crippen molar-refractivity contribution >= 4 is 0 Å². The first-order chi connectivity index (χ1) is 4.74. The largest absolute Gasteiger partial charge is 0.103 e. The topological polar surface area (TPSA) is 0 Å². The summed E-state index contributed by atoms with van der Waals surface area (Å²) < 4.78 is 0. The van der Waals surface area contributed by atoms with Crippen LogP contribution in [0, 0.1) is 11.8 Å². The maximum Gasteiger partial charge on any atom is -0.0233 e. The van der Waals surface area contributed by atoms with Crippen LogP contribution in [0.5, 0.6) is 0 Å². The van der Waals surface area contributed by atoms with E-state index in [1.807, 2.05) is 12.2 Å². The van der Waals surface area contributed by atoms with E-state index in [0.29, 0.717) is 11.8 Å². The summed E-state index contributed by atoms with van der Waals surface area (Å²) in [6.07, 6.45) is 6.44. The van der Waals surface area contributed by atoms with Crippen molar-refractivity contribution in [3.63, 3.8) is 0 Å². The average Bonchev–Trinajstić information content (AvgIpc) is 1.99. The Balaban J connectivity index is 3.61. The molecule has 0 spiro atoms. The van der Waals surface area contributed by atoms with Crippen LogP contribution in [0.25, 0.3) is 0 Å². The molecular formula is C10H18. The first-order valence-electron chi connectivity index (χ1n) is 3.99. The van der Waals surface area contributed by atoms with Crippen LogP contribution in [0.3, 0.4) is 0 Å². The van der Waals surface area contributed by atoms with Gasteiger partial charge < -0.3 is 0 Å². The third-order valence-corrected chi connectivity index (χ3v) is 1.93. The van der Waals surface area contributed by atoms with Crippen molar-refractivity contribution in [3.05, 3.63) is 25.3 Å². The van der Waals surface area contributed by atoms with Gasteiger partial charge in [-0.25, -0.2) is 0 Å². The third kappa shape index (κ3) is 3.49. The van der Waals surface area contributed by atoms with Crippen molar-refractivity contribution in [2.75, 3.05) is 0 Å². The SMILES string of the molecule is C=CC(C)CC(C=C)CC. The minimum Gasteiger partial charge on any atom is -0.103 e. The lowest BCUT2D eigenvalue weighted by molar-refractivity contribution is 0.498. The predicted molar refractivity (Wildman–Crippen MR) is 48.0 cm³/mol. The zero-order chi connectivity index (χ0) is 7.98. The predicted octanol–water partition coefficient (Wildman–Crippen LogP) is 3.41. The fraction of sp³-hybridized carbons (Fsp3) is 0.600. The number of rotatable bonds is 5. The Morgan fingerprint density at radius 1 is 1.30 bits per heavy atom. The molecule has 0 heterocycles. The van der Waals surface area contributed by atoms with Crippen LogP contribution < -0.4 is 0 Å². The fourth-order valence-electron chi connectivity index (χ4n) is 1.00. The molecule has 0 rings (SSSR count). The van der Waals surface area contributed by atoms with Gasteiger partial charge in [-0.3, -0.25) is 0 Å². The minimum absolute atomic E-state index is 0.628. The standard InChI is InChI=1S/C10H18/c1-5-9(4)8-10(6-2)7-3/h5-6,9-10H,1-2,7-8H2,3-4H3. The molecular weight excluding hydrogens is 120 g/mol. The van der Waals surface area contributed by atoms with Crippen LogP contribution in [0.4, 0.5) is 0 Å². The monoisotopic (exact) mass is 138 g/mol. The smallest absolute Gasteiger partial charge is 0.0233 e. The molecule has 0 N–H and O–H groups in total. The van der Waals surface area contributed by atoms with Gasteiger partial charge in [-0.1, -0.05) is 26.0 Å². The van der Waals surface area contributed by atoms with E-state index in [1.54, 1.807) is 0 Å². The molecule has 2 unspecified atom stereocenters. The van der Waals surface area contributed by atoms with E-state index in [0.717, 1.165) is 0 Å². The molecule has 0 radical (unpaired) electrons. The van der Waals surface area contributed by atoms with Crippen molar-refractivity contribution in [2.45, 2.75) is 26.7 Å². The van der Waals surface area contributed by atoms with E-state index < -0.39 is 0 Å². The zero-order valence-corrected chi connectivity index (χ0v) is 7.14. The lowest BCUT2D eigenvalue weighted by atomic mass is 9.94. The van der Waals surface area contributed by atoms with Gasteiger partial charge in [0.05, 0.1) is 0 Å². The Hall–Kier alpha value is -0.520. The van der Waals surface area contributed by atoms with Crippen LogP contribution in [-0.4, -0.2) is 0 Å². The summed E-state index contributed by atoms with van der Waals surface area (Å²) in [7, 11) is 0. The summed E-state index contributed by atoms with van der Waals surface area (Å²) in [5, 5.41) is 0. The summed E-state index contributed by atoms with van der Waals surface area (Å²) in [6.45, 7) is 11.9. The molecule has 0 saturated heterocycles. The average molecular weight is 138 g/mol. The van der Waals surface area contributed by atoms with Gasteiger partial charge in [-0.2, -0.15) is 0 Å². The maximum atomic E-state index is 3.78. The Morgan fingerprint density at radius 3 is 2.20 bits per heavy atom. The van der Waals surface area contributed by atoms with Gasteiger partial charge in [0.15, 0.2) is 0 Å². The Labute approximate surface area is 64.6 Å². The van der Waals surface area contributed by atoms with Crippen LogP contribution in [0.1, 0.15) is 26.7 Å². The molecule has 0 aliphatic carbocycles. The molecule has 0 aliphatic heterocycles. The normalized spacial score (nSPS) is 15.8. The zero-order valence-electron chi connectivity index (χ0n) is 7.14. The van der Waals surface area contributed by atoms with Crippen molar-refractivity contribution in [1.29, 1.82) is 0 Å². The van der Waals surface area contributed by atoms with Crippen molar-refractivity contribution < 1.29 is 0 Å². The highest BCUT2D eigenvalue weighted by atomic mass is 14.1. The maximum absolute atomic E-state index is 3.78. The molecule has 0 saturated carbocycles. The van der Waals surface area contributed by atoms with E-state index in [1.165, 1.54) is 12.8 Å². The van der Waals surface area contributed by atoms with E-state index in [4.69, 9.17) is 0 Å². The van der Waals surface area contributed by atoms with Crippen molar-refractivity contribution in [3.8, 4) is 0 Å². The molecule has 0 aromatic heterocycles. The second kappa shape index (κ2) is 5.28. The number of allylic oxidation sites excluding steroid dienone is 2. The molecule has 0 bridgehead atoms.